The molecule has 2 nitrogen and oxygen atoms in total. The molecule has 0 amide bonds. The van der Waals surface area contributed by atoms with Crippen molar-refractivity contribution in [1.29, 1.82) is 5.26 Å². The van der Waals surface area contributed by atoms with Crippen LogP contribution in [-0.4, -0.2) is 4.98 Å². The van der Waals surface area contributed by atoms with Gasteiger partial charge in [0, 0.05) is 17.1 Å². The maximum absolute atomic E-state index is 12.6. The van der Waals surface area contributed by atoms with Crippen molar-refractivity contribution in [2.75, 3.05) is 0 Å². The topological polar surface area (TPSA) is 36.7 Å². The quantitative estimate of drug-likeness (QED) is 0.780. The first-order valence-electron chi connectivity index (χ1n) is 3.53. The Bertz CT molecular complexity index is 388. The zero-order valence-electron chi connectivity index (χ0n) is 6.77. The smallest absolute Gasteiger partial charge is 0.244 e. The molecule has 0 aromatic carbocycles. The normalized spacial score (nSPS) is 10.3. The van der Waals surface area contributed by atoms with E-state index in [1.807, 2.05) is 0 Å². The van der Waals surface area contributed by atoms with Crippen LogP contribution in [0.25, 0.3) is 0 Å². The van der Waals surface area contributed by atoms with Gasteiger partial charge in [0.1, 0.15) is 6.07 Å². The van der Waals surface area contributed by atoms with Crippen molar-refractivity contribution < 1.29 is 8.78 Å². The third-order valence-electron chi connectivity index (χ3n) is 1.61. The van der Waals surface area contributed by atoms with Crippen molar-refractivity contribution in [2.45, 2.75) is 11.8 Å². The van der Waals surface area contributed by atoms with E-state index in [2.05, 4.69) is 36.8 Å². The van der Waals surface area contributed by atoms with Crippen LogP contribution in [0, 0.1) is 11.3 Å². The monoisotopic (exact) mass is 324 g/mol. The van der Waals surface area contributed by atoms with Crippen LogP contribution in [0.4, 0.5) is 8.78 Å². The van der Waals surface area contributed by atoms with Gasteiger partial charge in [-0.25, -0.2) is 13.8 Å². The fraction of sp³-hybridized carbons (Fsp3) is 0.250. The van der Waals surface area contributed by atoms with Gasteiger partial charge in [0.15, 0.2) is 5.69 Å². The lowest BCUT2D eigenvalue weighted by atomic mass is 10.1. The molecule has 0 aliphatic carbocycles. The molecule has 1 heterocycles. The van der Waals surface area contributed by atoms with Crippen molar-refractivity contribution in [3.8, 4) is 6.07 Å². The van der Waals surface area contributed by atoms with Gasteiger partial charge >= 0.3 is 0 Å². The average Bonchev–Trinajstić information content (AvgIpc) is 2.16. The lowest BCUT2D eigenvalue weighted by Crippen LogP contribution is -1.98. The Morgan fingerprint density at radius 2 is 2.21 bits per heavy atom. The highest BCUT2D eigenvalue weighted by Crippen LogP contribution is 2.32. The molecule has 74 valence electrons. The highest BCUT2D eigenvalue weighted by atomic mass is 79.9. The number of hydrogen-bond donors (Lipinski definition) is 0. The van der Waals surface area contributed by atoms with Gasteiger partial charge in [-0.1, -0.05) is 15.9 Å². The van der Waals surface area contributed by atoms with Gasteiger partial charge in [-0.3, -0.25) is 0 Å². The number of nitrogens with zero attached hydrogens (tertiary/aromatic N) is 2. The van der Waals surface area contributed by atoms with Crippen molar-refractivity contribution in [3.63, 3.8) is 0 Å². The van der Waals surface area contributed by atoms with Crippen LogP contribution in [0.2, 0.25) is 0 Å². The molecule has 0 aliphatic rings. The average molecular weight is 326 g/mol. The fourth-order valence-electron chi connectivity index (χ4n) is 0.958. The molecule has 0 bridgehead atoms. The van der Waals surface area contributed by atoms with E-state index >= 15 is 0 Å². The molecule has 1 rings (SSSR count). The summed E-state index contributed by atoms with van der Waals surface area (Å²) in [4.78, 5) is 3.74. The second kappa shape index (κ2) is 4.80. The standard InChI is InChI=1S/C8H4Br2F2N2/c9-1-4-3-14-5(2-13)7(10)6(4)8(11)12/h3,8H,1H2. The van der Waals surface area contributed by atoms with Crippen molar-refractivity contribution in [3.05, 3.63) is 27.5 Å². The van der Waals surface area contributed by atoms with Crippen LogP contribution in [0.15, 0.2) is 10.7 Å². The van der Waals surface area contributed by atoms with Gasteiger partial charge in [-0.2, -0.15) is 5.26 Å². The molecule has 0 radical (unpaired) electrons. The SMILES string of the molecule is N#Cc1ncc(CBr)c(C(F)F)c1Br. The zero-order valence-corrected chi connectivity index (χ0v) is 9.94. The number of pyridine rings is 1. The Morgan fingerprint density at radius 3 is 2.64 bits per heavy atom. The third kappa shape index (κ3) is 2.10. The summed E-state index contributed by atoms with van der Waals surface area (Å²) >= 11 is 6.03. The molecule has 0 N–H and O–H groups in total. The number of aromatic nitrogens is 1. The van der Waals surface area contributed by atoms with Crippen LogP contribution >= 0.6 is 31.9 Å². The molecular weight excluding hydrogens is 322 g/mol. The van der Waals surface area contributed by atoms with Crippen LogP contribution in [0.3, 0.4) is 0 Å². The largest absolute Gasteiger partial charge is 0.265 e. The van der Waals surface area contributed by atoms with E-state index in [0.29, 0.717) is 5.56 Å². The summed E-state index contributed by atoms with van der Waals surface area (Å²) in [6, 6.07) is 1.74. The lowest BCUT2D eigenvalue weighted by Gasteiger charge is -2.08. The molecule has 0 saturated carbocycles. The first kappa shape index (κ1) is 11.5. The van der Waals surface area contributed by atoms with Gasteiger partial charge < -0.3 is 0 Å². The summed E-state index contributed by atoms with van der Waals surface area (Å²) in [5.74, 6) is 0. The minimum atomic E-state index is -2.62. The van der Waals surface area contributed by atoms with E-state index < -0.39 is 6.43 Å². The molecule has 0 saturated heterocycles. The number of rotatable bonds is 2. The predicted molar refractivity (Wildman–Crippen MR) is 54.2 cm³/mol. The summed E-state index contributed by atoms with van der Waals surface area (Å²) in [6.07, 6.45) is -1.34. The summed E-state index contributed by atoms with van der Waals surface area (Å²) in [5, 5.41) is 8.87. The Labute approximate surface area is 96.2 Å². The van der Waals surface area contributed by atoms with Crippen LogP contribution in [-0.2, 0) is 5.33 Å². The van der Waals surface area contributed by atoms with Crippen LogP contribution < -0.4 is 0 Å². The molecule has 6 heteroatoms. The van der Waals surface area contributed by atoms with E-state index in [1.165, 1.54) is 6.20 Å². The second-order valence-electron chi connectivity index (χ2n) is 2.41. The highest BCUT2D eigenvalue weighted by molar-refractivity contribution is 9.10. The minimum absolute atomic E-state index is 0.0231. The number of alkyl halides is 3. The molecule has 1 aromatic rings. The molecule has 1 aromatic heterocycles. The molecule has 14 heavy (non-hydrogen) atoms. The maximum Gasteiger partial charge on any atom is 0.265 e. The van der Waals surface area contributed by atoms with E-state index in [1.54, 1.807) is 6.07 Å². The first-order chi connectivity index (χ1) is 6.61. The van der Waals surface area contributed by atoms with Gasteiger partial charge in [-0.15, -0.1) is 0 Å². The second-order valence-corrected chi connectivity index (χ2v) is 3.76. The Hall–Kier alpha value is -0.540. The van der Waals surface area contributed by atoms with Gasteiger partial charge in [-0.05, 0) is 21.5 Å². The van der Waals surface area contributed by atoms with E-state index in [4.69, 9.17) is 5.26 Å². The van der Waals surface area contributed by atoms with E-state index in [0.717, 1.165) is 0 Å². The number of nitriles is 1. The minimum Gasteiger partial charge on any atom is -0.244 e. The molecule has 0 fully saturated rings. The predicted octanol–water partition coefficient (Wildman–Crippen LogP) is 3.55. The summed E-state index contributed by atoms with van der Waals surface area (Å²) in [6.45, 7) is 0. The van der Waals surface area contributed by atoms with Gasteiger partial charge in [0.25, 0.3) is 6.43 Å². The van der Waals surface area contributed by atoms with Crippen molar-refractivity contribution >= 4 is 31.9 Å². The Kier molecular flexibility index (Phi) is 3.96. The van der Waals surface area contributed by atoms with Gasteiger partial charge in [0.2, 0.25) is 0 Å². The number of halogens is 4. The molecular formula is C8H4Br2F2N2. The summed E-state index contributed by atoms with van der Waals surface area (Å²) in [5.41, 5.74) is 0.185. The Balaban J connectivity index is 3.41. The van der Waals surface area contributed by atoms with Gasteiger partial charge in [0.05, 0.1) is 4.47 Å². The van der Waals surface area contributed by atoms with Crippen molar-refractivity contribution in [1.82, 2.24) is 4.98 Å². The van der Waals surface area contributed by atoms with Crippen molar-refractivity contribution in [2.24, 2.45) is 0 Å². The number of hydrogen-bond acceptors (Lipinski definition) is 2. The summed E-state index contributed by atoms with van der Waals surface area (Å²) in [7, 11) is 0. The highest BCUT2D eigenvalue weighted by Gasteiger charge is 2.19. The summed E-state index contributed by atoms with van der Waals surface area (Å²) < 4.78 is 25.3. The zero-order chi connectivity index (χ0) is 10.7. The molecule has 0 unspecified atom stereocenters. The third-order valence-corrected chi connectivity index (χ3v) is 3.01. The molecule has 0 spiro atoms. The molecule has 0 aliphatic heterocycles. The lowest BCUT2D eigenvalue weighted by molar-refractivity contribution is 0.149. The van der Waals surface area contributed by atoms with E-state index in [-0.39, 0.29) is 21.1 Å². The first-order valence-corrected chi connectivity index (χ1v) is 5.44. The fourth-order valence-corrected chi connectivity index (χ4v) is 2.02. The van der Waals surface area contributed by atoms with Crippen LogP contribution in [0.5, 0.6) is 0 Å². The molecule has 0 atom stereocenters. The van der Waals surface area contributed by atoms with Crippen LogP contribution in [0.1, 0.15) is 23.2 Å². The van der Waals surface area contributed by atoms with E-state index in [9.17, 15) is 8.78 Å². The Morgan fingerprint density at radius 1 is 1.57 bits per heavy atom. The maximum atomic E-state index is 12.6.